The predicted octanol–water partition coefficient (Wildman–Crippen LogP) is 2.02. The maximum atomic E-state index is 6.63. The minimum atomic E-state index is 0.328. The number of rotatable bonds is 2. The second-order valence-electron chi connectivity index (χ2n) is 5.31. The molecule has 0 atom stereocenters. The van der Waals surface area contributed by atoms with Crippen molar-refractivity contribution in [3.63, 3.8) is 0 Å². The van der Waals surface area contributed by atoms with Crippen LogP contribution in [0.25, 0.3) is 17.5 Å². The second kappa shape index (κ2) is 5.89. The lowest BCUT2D eigenvalue weighted by atomic mass is 10.1. The molecule has 120 valence electrons. The summed E-state index contributed by atoms with van der Waals surface area (Å²) in [5.41, 5.74) is 3.07. The summed E-state index contributed by atoms with van der Waals surface area (Å²) in [6, 6.07) is 7.76. The van der Waals surface area contributed by atoms with Gasteiger partial charge in [0.25, 0.3) is 0 Å². The molecule has 8 heteroatoms. The molecule has 1 aliphatic heterocycles. The molecule has 0 saturated carbocycles. The first-order chi connectivity index (χ1) is 11.6. The van der Waals surface area contributed by atoms with E-state index in [2.05, 4.69) is 20.1 Å². The van der Waals surface area contributed by atoms with E-state index < -0.39 is 0 Å². The monoisotopic (exact) mass is 358 g/mol. The van der Waals surface area contributed by atoms with Crippen LogP contribution in [0.5, 0.6) is 0 Å². The molecule has 0 fully saturated rings. The first-order valence-electron chi connectivity index (χ1n) is 7.22. The zero-order valence-corrected chi connectivity index (χ0v) is 14.2. The molecule has 0 radical (unpaired) electrons. The SMILES string of the molecule is Cn1ccc(-c2cccc(N3C=c4ncc(Cl)nc4=NC3)c2Cl)n1. The van der Waals surface area contributed by atoms with Crippen LogP contribution in [0, 0.1) is 0 Å². The summed E-state index contributed by atoms with van der Waals surface area (Å²) in [5, 5.41) is 6.02. The van der Waals surface area contributed by atoms with E-state index in [1.165, 1.54) is 6.20 Å². The molecule has 1 aliphatic rings. The van der Waals surface area contributed by atoms with E-state index in [1.807, 2.05) is 48.6 Å². The zero-order valence-electron chi connectivity index (χ0n) is 12.7. The third kappa shape index (κ3) is 2.64. The maximum absolute atomic E-state index is 6.63. The van der Waals surface area contributed by atoms with Gasteiger partial charge in [0, 0.05) is 25.0 Å². The summed E-state index contributed by atoms with van der Waals surface area (Å²) in [6.45, 7) is 0.396. The highest BCUT2D eigenvalue weighted by Crippen LogP contribution is 2.35. The van der Waals surface area contributed by atoms with E-state index in [4.69, 9.17) is 23.2 Å². The van der Waals surface area contributed by atoms with Crippen LogP contribution in [-0.2, 0) is 7.05 Å². The van der Waals surface area contributed by atoms with Gasteiger partial charge in [-0.2, -0.15) is 5.10 Å². The second-order valence-corrected chi connectivity index (χ2v) is 6.08. The van der Waals surface area contributed by atoms with Gasteiger partial charge in [-0.25, -0.2) is 15.0 Å². The maximum Gasteiger partial charge on any atom is 0.178 e. The van der Waals surface area contributed by atoms with Crippen LogP contribution in [-0.4, -0.2) is 26.4 Å². The van der Waals surface area contributed by atoms with Gasteiger partial charge in [0.1, 0.15) is 17.2 Å². The van der Waals surface area contributed by atoms with Gasteiger partial charge in [-0.1, -0.05) is 35.3 Å². The van der Waals surface area contributed by atoms with Gasteiger partial charge < -0.3 is 4.90 Å². The molecule has 24 heavy (non-hydrogen) atoms. The van der Waals surface area contributed by atoms with Crippen molar-refractivity contribution in [2.75, 3.05) is 11.6 Å². The van der Waals surface area contributed by atoms with Gasteiger partial charge in [-0.15, -0.1) is 0 Å². The summed E-state index contributed by atoms with van der Waals surface area (Å²) < 4.78 is 1.75. The molecular weight excluding hydrogens is 347 g/mol. The van der Waals surface area contributed by atoms with Gasteiger partial charge in [0.2, 0.25) is 0 Å². The van der Waals surface area contributed by atoms with Crippen LogP contribution in [0.15, 0.2) is 41.7 Å². The van der Waals surface area contributed by atoms with E-state index in [-0.39, 0.29) is 0 Å². The molecule has 3 heterocycles. The Morgan fingerprint density at radius 3 is 2.83 bits per heavy atom. The largest absolute Gasteiger partial charge is 0.324 e. The van der Waals surface area contributed by atoms with Crippen molar-refractivity contribution in [2.45, 2.75) is 0 Å². The number of fused-ring (bicyclic) bond motifs is 1. The number of nitrogens with zero attached hydrogens (tertiary/aromatic N) is 6. The van der Waals surface area contributed by atoms with Crippen LogP contribution < -0.4 is 15.7 Å². The number of anilines is 1. The fourth-order valence-corrected chi connectivity index (χ4v) is 3.01. The van der Waals surface area contributed by atoms with Crippen molar-refractivity contribution in [1.29, 1.82) is 0 Å². The van der Waals surface area contributed by atoms with Crippen LogP contribution in [0.2, 0.25) is 10.2 Å². The average Bonchev–Trinajstić information content (AvgIpc) is 3.01. The lowest BCUT2D eigenvalue weighted by molar-refractivity contribution is 0.771. The molecule has 0 spiro atoms. The van der Waals surface area contributed by atoms with E-state index in [9.17, 15) is 0 Å². The Labute approximate surface area is 147 Å². The fourth-order valence-electron chi connectivity index (χ4n) is 2.55. The molecule has 4 rings (SSSR count). The quantitative estimate of drug-likeness (QED) is 0.703. The Morgan fingerprint density at radius 2 is 2.04 bits per heavy atom. The molecule has 3 aromatic rings. The van der Waals surface area contributed by atoms with Crippen LogP contribution in [0.3, 0.4) is 0 Å². The summed E-state index contributed by atoms with van der Waals surface area (Å²) in [7, 11) is 1.87. The van der Waals surface area contributed by atoms with Crippen molar-refractivity contribution < 1.29 is 0 Å². The minimum Gasteiger partial charge on any atom is -0.324 e. The number of aromatic nitrogens is 4. The van der Waals surface area contributed by atoms with Crippen molar-refractivity contribution in [1.82, 2.24) is 19.7 Å². The smallest absolute Gasteiger partial charge is 0.178 e. The lowest BCUT2D eigenvalue weighted by Crippen LogP contribution is -2.40. The molecule has 0 bridgehead atoms. The Bertz CT molecular complexity index is 1040. The van der Waals surface area contributed by atoms with Crippen LogP contribution in [0.4, 0.5) is 5.69 Å². The number of halogens is 2. The van der Waals surface area contributed by atoms with Crippen molar-refractivity contribution in [2.24, 2.45) is 12.0 Å². The number of aryl methyl sites for hydroxylation is 1. The Hall–Kier alpha value is -2.44. The number of benzene rings is 1. The highest BCUT2D eigenvalue weighted by Gasteiger charge is 2.16. The first kappa shape index (κ1) is 15.1. The molecule has 0 unspecified atom stereocenters. The minimum absolute atomic E-state index is 0.328. The fraction of sp³-hybridized carbons (Fsp3) is 0.125. The van der Waals surface area contributed by atoms with E-state index in [0.717, 1.165) is 16.9 Å². The molecule has 0 saturated heterocycles. The topological polar surface area (TPSA) is 59.2 Å². The van der Waals surface area contributed by atoms with Crippen LogP contribution >= 0.6 is 23.2 Å². The van der Waals surface area contributed by atoms with Crippen LogP contribution in [0.1, 0.15) is 0 Å². The van der Waals surface area contributed by atoms with Crippen molar-refractivity contribution >= 4 is 35.1 Å². The normalized spacial score (nSPS) is 13.2. The summed E-state index contributed by atoms with van der Waals surface area (Å²) >= 11 is 12.5. The van der Waals surface area contributed by atoms with Crippen molar-refractivity contribution in [3.05, 3.63) is 57.7 Å². The molecule has 0 N–H and O–H groups in total. The van der Waals surface area contributed by atoms with E-state index >= 15 is 0 Å². The molecule has 0 amide bonds. The molecule has 2 aromatic heterocycles. The summed E-state index contributed by atoms with van der Waals surface area (Å²) in [5.74, 6) is 0. The Kier molecular flexibility index (Phi) is 3.70. The lowest BCUT2D eigenvalue weighted by Gasteiger charge is -2.22. The van der Waals surface area contributed by atoms with Crippen molar-refractivity contribution in [3.8, 4) is 11.3 Å². The molecular formula is C16H12Cl2N6. The molecule has 6 nitrogen and oxygen atoms in total. The van der Waals surface area contributed by atoms with Gasteiger partial charge in [0.15, 0.2) is 5.49 Å². The van der Waals surface area contributed by atoms with Gasteiger partial charge in [-0.05, 0) is 12.1 Å². The first-order valence-corrected chi connectivity index (χ1v) is 7.97. The van der Waals surface area contributed by atoms with Gasteiger partial charge in [0.05, 0.1) is 22.6 Å². The summed E-state index contributed by atoms with van der Waals surface area (Å²) in [6.07, 6.45) is 5.26. The number of hydrogen-bond donors (Lipinski definition) is 0. The van der Waals surface area contributed by atoms with E-state index in [1.54, 1.807) is 4.68 Å². The zero-order chi connectivity index (χ0) is 16.7. The van der Waals surface area contributed by atoms with Gasteiger partial charge >= 0.3 is 0 Å². The predicted molar refractivity (Wildman–Crippen MR) is 93.3 cm³/mol. The molecule has 0 aliphatic carbocycles. The standard InChI is InChI=1S/C16H12Cl2N6/c1-23-6-5-11(22-23)10-3-2-4-13(15(10)18)24-8-12-16(20-9-24)21-14(17)7-19-12/h2-8H,9H2,1H3. The number of hydrogen-bond acceptors (Lipinski definition) is 5. The Balaban J connectivity index is 1.79. The van der Waals surface area contributed by atoms with E-state index in [0.29, 0.717) is 27.7 Å². The van der Waals surface area contributed by atoms with Gasteiger partial charge in [-0.3, -0.25) is 4.68 Å². The molecule has 1 aromatic carbocycles. The third-order valence-corrected chi connectivity index (χ3v) is 4.26. The average molecular weight is 359 g/mol. The Morgan fingerprint density at radius 1 is 1.17 bits per heavy atom. The highest BCUT2D eigenvalue weighted by atomic mass is 35.5. The highest BCUT2D eigenvalue weighted by molar-refractivity contribution is 6.36. The summed E-state index contributed by atoms with van der Waals surface area (Å²) in [4.78, 5) is 14.8. The third-order valence-electron chi connectivity index (χ3n) is 3.68.